The predicted molar refractivity (Wildman–Crippen MR) is 72.7 cm³/mol. The summed E-state index contributed by atoms with van der Waals surface area (Å²) >= 11 is 8.67. The van der Waals surface area contributed by atoms with Crippen molar-refractivity contribution in [2.75, 3.05) is 7.11 Å². The van der Waals surface area contributed by atoms with Gasteiger partial charge in [0.05, 0.1) is 16.3 Å². The molecule has 0 saturated heterocycles. The number of carbonyl (C=O) groups excluding carboxylic acids is 1. The fraction of sp³-hybridized carbons (Fsp3) is 0.0909. The number of rotatable bonds is 2. The van der Waals surface area contributed by atoms with Gasteiger partial charge in [-0.3, -0.25) is 4.40 Å². The van der Waals surface area contributed by atoms with Gasteiger partial charge in [0.1, 0.15) is 10.6 Å². The summed E-state index contributed by atoms with van der Waals surface area (Å²) in [5.41, 5.74) is 0.856. The van der Waals surface area contributed by atoms with Gasteiger partial charge >= 0.3 is 5.97 Å². The third-order valence-corrected chi connectivity index (χ3v) is 4.60. The van der Waals surface area contributed by atoms with Gasteiger partial charge < -0.3 is 4.74 Å². The molecule has 18 heavy (non-hydrogen) atoms. The maximum atomic E-state index is 11.4. The lowest BCUT2D eigenvalue weighted by molar-refractivity contribution is 0.0606. The lowest BCUT2D eigenvalue weighted by atomic mass is 10.4. The highest BCUT2D eigenvalue weighted by Crippen LogP contribution is 2.31. The third-order valence-electron chi connectivity index (χ3n) is 2.37. The first-order valence-corrected chi connectivity index (χ1v) is 7.01. The van der Waals surface area contributed by atoms with Crippen LogP contribution in [0.5, 0.6) is 0 Å². The number of hydrogen-bond acceptors (Lipinski definition) is 5. The Morgan fingerprint density at radius 1 is 1.39 bits per heavy atom. The van der Waals surface area contributed by atoms with E-state index in [4.69, 9.17) is 11.6 Å². The number of methoxy groups -OCH3 is 1. The molecule has 0 unspecified atom stereocenters. The Bertz CT molecular complexity index is 697. The number of carbonyl (C=O) groups is 1. The molecule has 0 spiro atoms. The number of imidazole rings is 1. The normalized spacial score (nSPS) is 11.0. The highest BCUT2D eigenvalue weighted by atomic mass is 35.5. The molecular weight excluding hydrogens is 292 g/mol. The molecule has 0 fully saturated rings. The Kier molecular flexibility index (Phi) is 2.85. The second kappa shape index (κ2) is 4.38. The molecule has 0 bridgehead atoms. The second-order valence-corrected chi connectivity index (χ2v) is 6.23. The smallest absolute Gasteiger partial charge is 0.349 e. The average molecular weight is 299 g/mol. The number of esters is 1. The monoisotopic (exact) mass is 298 g/mol. The quantitative estimate of drug-likeness (QED) is 0.679. The minimum absolute atomic E-state index is 0.341. The topological polar surface area (TPSA) is 43.6 Å². The van der Waals surface area contributed by atoms with Gasteiger partial charge in [-0.15, -0.1) is 11.3 Å². The van der Waals surface area contributed by atoms with Crippen LogP contribution in [0.25, 0.3) is 15.5 Å². The summed E-state index contributed by atoms with van der Waals surface area (Å²) in [5.74, 6) is -0.341. The van der Waals surface area contributed by atoms with Crippen LogP contribution in [0.3, 0.4) is 0 Å². The lowest BCUT2D eigenvalue weighted by Gasteiger charge is -1.91. The van der Waals surface area contributed by atoms with Crippen molar-refractivity contribution in [3.8, 4) is 10.6 Å². The minimum atomic E-state index is -0.341. The molecular formula is C11H7ClN2O2S2. The standard InChI is InChI=1S/C11H7ClN2O2S2/c1-16-10(15)8-5-14-4-6(13-11(14)18-8)7-2-3-9(12)17-7/h2-5H,1H3. The van der Waals surface area contributed by atoms with Gasteiger partial charge in [0.2, 0.25) is 0 Å². The largest absolute Gasteiger partial charge is 0.465 e. The summed E-state index contributed by atoms with van der Waals surface area (Å²) in [6, 6.07) is 3.77. The Labute approximate surface area is 115 Å². The molecule has 0 aliphatic heterocycles. The van der Waals surface area contributed by atoms with Crippen molar-refractivity contribution < 1.29 is 9.53 Å². The Hall–Kier alpha value is -1.37. The van der Waals surface area contributed by atoms with Crippen LogP contribution >= 0.6 is 34.3 Å². The van der Waals surface area contributed by atoms with Crippen LogP contribution in [0.4, 0.5) is 0 Å². The zero-order valence-corrected chi connectivity index (χ0v) is 11.6. The van der Waals surface area contributed by atoms with Crippen LogP contribution in [0.2, 0.25) is 4.34 Å². The summed E-state index contributed by atoms with van der Waals surface area (Å²) in [5, 5.41) is 0. The van der Waals surface area contributed by atoms with E-state index in [-0.39, 0.29) is 5.97 Å². The molecule has 0 aromatic carbocycles. The number of thiazole rings is 1. The molecule has 0 radical (unpaired) electrons. The van der Waals surface area contributed by atoms with E-state index < -0.39 is 0 Å². The van der Waals surface area contributed by atoms with Crippen LogP contribution in [0, 0.1) is 0 Å². The van der Waals surface area contributed by atoms with Crippen molar-refractivity contribution in [2.45, 2.75) is 0 Å². The number of aromatic nitrogens is 2. The van der Waals surface area contributed by atoms with Gasteiger partial charge in [-0.1, -0.05) is 22.9 Å². The fourth-order valence-electron chi connectivity index (χ4n) is 1.56. The second-order valence-electron chi connectivity index (χ2n) is 3.51. The number of fused-ring (bicyclic) bond motifs is 1. The van der Waals surface area contributed by atoms with Crippen molar-refractivity contribution in [1.29, 1.82) is 0 Å². The first-order valence-electron chi connectivity index (χ1n) is 5.00. The molecule has 0 amide bonds. The van der Waals surface area contributed by atoms with E-state index in [1.54, 1.807) is 6.20 Å². The van der Waals surface area contributed by atoms with Crippen LogP contribution in [-0.2, 0) is 4.74 Å². The summed E-state index contributed by atoms with van der Waals surface area (Å²) in [6.07, 6.45) is 3.60. The Balaban J connectivity index is 2.03. The molecule has 0 saturated carbocycles. The summed E-state index contributed by atoms with van der Waals surface area (Å²) in [6.45, 7) is 0. The zero-order valence-electron chi connectivity index (χ0n) is 9.21. The average Bonchev–Trinajstić information content (AvgIpc) is 3.00. The number of thiophene rings is 1. The Morgan fingerprint density at radius 3 is 2.83 bits per heavy atom. The van der Waals surface area contributed by atoms with E-state index in [0.717, 1.165) is 19.9 Å². The van der Waals surface area contributed by atoms with E-state index >= 15 is 0 Å². The Morgan fingerprint density at radius 2 is 2.22 bits per heavy atom. The summed E-state index contributed by atoms with van der Waals surface area (Å²) < 4.78 is 7.22. The SMILES string of the molecule is COC(=O)c1cn2cc(-c3ccc(Cl)s3)nc2s1. The first kappa shape index (κ1) is 11.7. The third kappa shape index (κ3) is 1.92. The fourth-order valence-corrected chi connectivity index (χ4v) is 3.44. The van der Waals surface area contributed by atoms with Gasteiger partial charge in [-0.05, 0) is 12.1 Å². The number of hydrogen-bond donors (Lipinski definition) is 0. The minimum Gasteiger partial charge on any atom is -0.465 e. The van der Waals surface area contributed by atoms with Crippen molar-refractivity contribution in [2.24, 2.45) is 0 Å². The molecule has 3 aromatic rings. The molecule has 0 atom stereocenters. The zero-order chi connectivity index (χ0) is 12.7. The molecule has 0 N–H and O–H groups in total. The molecule has 0 aliphatic rings. The number of ether oxygens (including phenoxy) is 1. The highest BCUT2D eigenvalue weighted by molar-refractivity contribution is 7.19. The molecule has 92 valence electrons. The van der Waals surface area contributed by atoms with Crippen LogP contribution < -0.4 is 0 Å². The number of halogens is 1. The summed E-state index contributed by atoms with van der Waals surface area (Å²) in [4.78, 5) is 18.1. The van der Waals surface area contributed by atoms with Crippen LogP contribution in [0.1, 0.15) is 9.67 Å². The van der Waals surface area contributed by atoms with Gasteiger partial charge in [0.25, 0.3) is 0 Å². The molecule has 3 heterocycles. The van der Waals surface area contributed by atoms with Crippen LogP contribution in [-0.4, -0.2) is 22.5 Å². The molecule has 3 rings (SSSR count). The van der Waals surface area contributed by atoms with E-state index in [1.165, 1.54) is 29.8 Å². The molecule has 7 heteroatoms. The van der Waals surface area contributed by atoms with Crippen molar-refractivity contribution >= 4 is 45.2 Å². The summed E-state index contributed by atoms with van der Waals surface area (Å²) in [7, 11) is 1.36. The van der Waals surface area contributed by atoms with Gasteiger partial charge in [-0.2, -0.15) is 0 Å². The van der Waals surface area contributed by atoms with E-state index in [0.29, 0.717) is 4.88 Å². The maximum absolute atomic E-state index is 11.4. The van der Waals surface area contributed by atoms with E-state index in [2.05, 4.69) is 9.72 Å². The van der Waals surface area contributed by atoms with E-state index in [9.17, 15) is 4.79 Å². The molecule has 0 aliphatic carbocycles. The van der Waals surface area contributed by atoms with Crippen molar-refractivity contribution in [1.82, 2.24) is 9.38 Å². The molecule has 3 aromatic heterocycles. The maximum Gasteiger partial charge on any atom is 0.349 e. The highest BCUT2D eigenvalue weighted by Gasteiger charge is 2.14. The van der Waals surface area contributed by atoms with Gasteiger partial charge in [0, 0.05) is 12.4 Å². The van der Waals surface area contributed by atoms with Crippen molar-refractivity contribution in [3.63, 3.8) is 0 Å². The van der Waals surface area contributed by atoms with Crippen molar-refractivity contribution in [3.05, 3.63) is 33.7 Å². The van der Waals surface area contributed by atoms with Gasteiger partial charge in [0.15, 0.2) is 4.96 Å². The predicted octanol–water partition coefficient (Wildman–Crippen LogP) is 3.56. The lowest BCUT2D eigenvalue weighted by Crippen LogP contribution is -1.97. The van der Waals surface area contributed by atoms with Gasteiger partial charge in [-0.25, -0.2) is 9.78 Å². The van der Waals surface area contributed by atoms with E-state index in [1.807, 2.05) is 22.7 Å². The first-order chi connectivity index (χ1) is 8.67. The molecule has 4 nitrogen and oxygen atoms in total. The van der Waals surface area contributed by atoms with Crippen LogP contribution in [0.15, 0.2) is 24.5 Å². The number of nitrogens with zero attached hydrogens (tertiary/aromatic N) is 2.